The van der Waals surface area contributed by atoms with E-state index in [9.17, 15) is 0 Å². The van der Waals surface area contributed by atoms with Crippen LogP contribution in [0, 0.1) is 21.0 Å². The first kappa shape index (κ1) is 12.5. The first-order chi connectivity index (χ1) is 8.54. The van der Waals surface area contributed by atoms with Gasteiger partial charge in [-0.15, -0.1) is 0 Å². The second kappa shape index (κ2) is 4.56. The van der Waals surface area contributed by atoms with Crippen molar-refractivity contribution in [2.24, 2.45) is 0 Å². The fourth-order valence-corrected chi connectivity index (χ4v) is 2.87. The molecule has 1 heterocycles. The number of fused-ring (bicyclic) bond motifs is 2. The summed E-state index contributed by atoms with van der Waals surface area (Å²) in [6, 6.07) is 8.42. The predicted octanol–water partition coefficient (Wildman–Crippen LogP) is 5.36. The molecule has 0 spiro atoms. The second-order valence-corrected chi connectivity index (χ2v) is 6.75. The number of halogens is 2. The third-order valence-electron chi connectivity index (χ3n) is 3.01. The van der Waals surface area contributed by atoms with Crippen LogP contribution in [-0.2, 0) is 0 Å². The summed E-state index contributed by atoms with van der Waals surface area (Å²) < 4.78 is 8.47. The van der Waals surface area contributed by atoms with Crippen molar-refractivity contribution in [1.29, 1.82) is 0 Å². The molecule has 1 aliphatic rings. The summed E-state index contributed by atoms with van der Waals surface area (Å²) in [5, 5.41) is 3.44. The van der Waals surface area contributed by atoms with E-state index in [4.69, 9.17) is 4.74 Å². The molecule has 0 amide bonds. The molecule has 1 aliphatic heterocycles. The molecule has 0 radical (unpaired) electrons. The molecule has 0 saturated heterocycles. The quantitative estimate of drug-likeness (QED) is 0.454. The van der Waals surface area contributed by atoms with Gasteiger partial charge in [-0.25, -0.2) is 0 Å². The number of nitrogens with one attached hydrogen (secondary N) is 1. The lowest BCUT2D eigenvalue weighted by Crippen LogP contribution is -2.04. The van der Waals surface area contributed by atoms with Crippen LogP contribution in [-0.4, -0.2) is 0 Å². The van der Waals surface area contributed by atoms with Crippen LogP contribution in [0.15, 0.2) is 24.3 Å². The summed E-state index contributed by atoms with van der Waals surface area (Å²) in [6.07, 6.45) is 0. The summed E-state index contributed by atoms with van der Waals surface area (Å²) in [7, 11) is 0. The molecule has 4 heteroatoms. The van der Waals surface area contributed by atoms with E-state index < -0.39 is 0 Å². The lowest BCUT2D eigenvalue weighted by atomic mass is 10.1. The Hall–Kier alpha value is -0.500. The number of aryl methyl sites for hydroxylation is 2. The van der Waals surface area contributed by atoms with Gasteiger partial charge in [0.2, 0.25) is 0 Å². The summed E-state index contributed by atoms with van der Waals surface area (Å²) in [4.78, 5) is 0. The fourth-order valence-electron chi connectivity index (χ4n) is 1.94. The molecule has 2 nitrogen and oxygen atoms in total. The number of anilines is 2. The predicted molar refractivity (Wildman–Crippen MR) is 91.1 cm³/mol. The second-order valence-electron chi connectivity index (χ2n) is 4.42. The number of rotatable bonds is 0. The third-order valence-corrected chi connectivity index (χ3v) is 5.34. The lowest BCUT2D eigenvalue weighted by Gasteiger charge is -2.23. The monoisotopic (exact) mass is 463 g/mol. The van der Waals surface area contributed by atoms with Crippen molar-refractivity contribution < 1.29 is 4.74 Å². The van der Waals surface area contributed by atoms with Crippen LogP contribution in [0.4, 0.5) is 11.4 Å². The maximum atomic E-state index is 5.98. The summed E-state index contributed by atoms with van der Waals surface area (Å²) in [5.41, 5.74) is 4.55. The number of hydrogen-bond acceptors (Lipinski definition) is 2. The van der Waals surface area contributed by atoms with Crippen LogP contribution >= 0.6 is 45.2 Å². The molecule has 92 valence electrons. The molecule has 0 unspecified atom stereocenters. The highest BCUT2D eigenvalue weighted by molar-refractivity contribution is 14.1. The van der Waals surface area contributed by atoms with Gasteiger partial charge in [-0.05, 0) is 94.4 Å². The molecule has 0 aliphatic carbocycles. The Kier molecular flexibility index (Phi) is 3.17. The molecule has 18 heavy (non-hydrogen) atoms. The number of hydrogen-bond donors (Lipinski definition) is 1. The van der Waals surface area contributed by atoms with Crippen molar-refractivity contribution in [2.45, 2.75) is 13.8 Å². The van der Waals surface area contributed by atoms with Gasteiger partial charge in [-0.1, -0.05) is 0 Å². The van der Waals surface area contributed by atoms with Crippen molar-refractivity contribution in [3.8, 4) is 11.5 Å². The molecule has 0 aromatic heterocycles. The maximum absolute atomic E-state index is 5.98. The zero-order valence-corrected chi connectivity index (χ0v) is 14.3. The van der Waals surface area contributed by atoms with Crippen LogP contribution in [0.1, 0.15) is 11.1 Å². The average molecular weight is 463 g/mol. The molecule has 2 aromatic rings. The minimum Gasteiger partial charge on any atom is -0.453 e. The molecular weight excluding hydrogens is 452 g/mol. The van der Waals surface area contributed by atoms with E-state index in [-0.39, 0.29) is 0 Å². The molecule has 2 aromatic carbocycles. The molecule has 0 saturated carbocycles. The summed E-state index contributed by atoms with van der Waals surface area (Å²) in [6.45, 7) is 4.19. The van der Waals surface area contributed by atoms with Gasteiger partial charge in [0.25, 0.3) is 0 Å². The van der Waals surface area contributed by atoms with E-state index in [0.717, 1.165) is 22.9 Å². The van der Waals surface area contributed by atoms with Crippen molar-refractivity contribution in [3.63, 3.8) is 0 Å². The van der Waals surface area contributed by atoms with Gasteiger partial charge in [0.05, 0.1) is 11.4 Å². The summed E-state index contributed by atoms with van der Waals surface area (Å²) >= 11 is 4.69. The van der Waals surface area contributed by atoms with Crippen LogP contribution in [0.5, 0.6) is 11.5 Å². The van der Waals surface area contributed by atoms with Crippen LogP contribution in [0.25, 0.3) is 0 Å². The number of benzene rings is 2. The number of ether oxygens (including phenoxy) is 1. The first-order valence-corrected chi connectivity index (χ1v) is 7.75. The van der Waals surface area contributed by atoms with E-state index in [0.29, 0.717) is 0 Å². The van der Waals surface area contributed by atoms with Gasteiger partial charge in [0.1, 0.15) is 0 Å². The van der Waals surface area contributed by atoms with Gasteiger partial charge in [-0.3, -0.25) is 0 Å². The first-order valence-electron chi connectivity index (χ1n) is 5.60. The Bertz CT molecular complexity index is 541. The van der Waals surface area contributed by atoms with E-state index in [2.05, 4.69) is 88.6 Å². The van der Waals surface area contributed by atoms with Crippen LogP contribution < -0.4 is 10.1 Å². The van der Waals surface area contributed by atoms with Gasteiger partial charge < -0.3 is 10.1 Å². The highest BCUT2D eigenvalue weighted by atomic mass is 127. The third kappa shape index (κ3) is 2.09. The van der Waals surface area contributed by atoms with Gasteiger partial charge in [0, 0.05) is 7.14 Å². The van der Waals surface area contributed by atoms with E-state index in [1.807, 2.05) is 0 Å². The average Bonchev–Trinajstić information content (AvgIpc) is 2.31. The Labute approximate surface area is 133 Å². The van der Waals surface area contributed by atoms with Gasteiger partial charge in [-0.2, -0.15) is 0 Å². The molecule has 1 N–H and O–H groups in total. The lowest BCUT2D eigenvalue weighted by molar-refractivity contribution is 0.480. The minimum absolute atomic E-state index is 0.904. The SMILES string of the molecule is Cc1cc2c(cc1I)Nc1cc(I)c(C)cc1O2. The standard InChI is InChI=1S/C14H11I2NO/c1-7-3-13-11(5-9(7)15)17-12-6-10(16)8(2)4-14(12)18-13/h3-6,17H,1-2H3. The maximum Gasteiger partial charge on any atom is 0.151 e. The largest absolute Gasteiger partial charge is 0.453 e. The Morgan fingerprint density at radius 2 is 1.28 bits per heavy atom. The van der Waals surface area contributed by atoms with Crippen LogP contribution in [0.2, 0.25) is 0 Å². The molecular formula is C14H11I2NO. The zero-order chi connectivity index (χ0) is 12.9. The molecule has 3 rings (SSSR count). The smallest absolute Gasteiger partial charge is 0.151 e. The molecule has 0 bridgehead atoms. The Morgan fingerprint density at radius 1 is 0.833 bits per heavy atom. The Balaban J connectivity index is 2.12. The van der Waals surface area contributed by atoms with Crippen LogP contribution in [0.3, 0.4) is 0 Å². The van der Waals surface area contributed by atoms with Crippen molar-refractivity contribution in [3.05, 3.63) is 42.5 Å². The van der Waals surface area contributed by atoms with E-state index >= 15 is 0 Å². The summed E-state index contributed by atoms with van der Waals surface area (Å²) in [5.74, 6) is 1.81. The Morgan fingerprint density at radius 3 is 1.72 bits per heavy atom. The minimum atomic E-state index is 0.904. The van der Waals surface area contributed by atoms with E-state index in [1.54, 1.807) is 0 Å². The fraction of sp³-hybridized carbons (Fsp3) is 0.143. The molecule has 0 fully saturated rings. The van der Waals surface area contributed by atoms with E-state index in [1.165, 1.54) is 18.3 Å². The van der Waals surface area contributed by atoms with Gasteiger partial charge in [0.15, 0.2) is 11.5 Å². The highest BCUT2D eigenvalue weighted by Gasteiger charge is 2.18. The zero-order valence-electron chi connectivity index (χ0n) is 9.97. The topological polar surface area (TPSA) is 21.3 Å². The highest BCUT2D eigenvalue weighted by Crippen LogP contribution is 2.44. The van der Waals surface area contributed by atoms with Crippen molar-refractivity contribution in [2.75, 3.05) is 5.32 Å². The van der Waals surface area contributed by atoms with Crippen molar-refractivity contribution in [1.82, 2.24) is 0 Å². The van der Waals surface area contributed by atoms with Gasteiger partial charge >= 0.3 is 0 Å². The molecule has 0 atom stereocenters. The van der Waals surface area contributed by atoms with Crippen molar-refractivity contribution >= 4 is 56.6 Å². The normalized spacial score (nSPS) is 12.2.